The van der Waals surface area contributed by atoms with Gasteiger partial charge in [-0.1, -0.05) is 12.2 Å². The molecule has 3 N–H and O–H groups in total. The number of nitrogens with two attached hydrogens (primary N) is 1. The third-order valence-electron chi connectivity index (χ3n) is 2.87. The number of thiocarbonyl (C=S) groups is 1. The van der Waals surface area contributed by atoms with Crippen molar-refractivity contribution in [1.82, 2.24) is 9.78 Å². The summed E-state index contributed by atoms with van der Waals surface area (Å²) in [6.45, 7) is 0.846. The van der Waals surface area contributed by atoms with E-state index < -0.39 is 0 Å². The molecule has 1 heterocycles. The molecule has 19 heavy (non-hydrogen) atoms. The van der Waals surface area contributed by atoms with Gasteiger partial charge in [0.05, 0.1) is 0 Å². The number of aromatic nitrogens is 2. The van der Waals surface area contributed by atoms with Crippen molar-refractivity contribution in [3.8, 4) is 0 Å². The first-order valence-electron chi connectivity index (χ1n) is 5.88. The summed E-state index contributed by atoms with van der Waals surface area (Å²) in [5.74, 6) is 0. The first kappa shape index (κ1) is 14.0. The van der Waals surface area contributed by atoms with Crippen molar-refractivity contribution in [1.29, 1.82) is 0 Å². The molecule has 0 amide bonds. The zero-order valence-corrected chi connectivity index (χ0v) is 13.0. The van der Waals surface area contributed by atoms with Gasteiger partial charge in [0.2, 0.25) is 0 Å². The summed E-state index contributed by atoms with van der Waals surface area (Å²) < 4.78 is 2.79. The normalized spacial score (nSPS) is 10.4. The Morgan fingerprint density at radius 2 is 2.26 bits per heavy atom. The lowest BCUT2D eigenvalue weighted by molar-refractivity contribution is 0.711. The van der Waals surface area contributed by atoms with Gasteiger partial charge in [0, 0.05) is 47.6 Å². The Balaban J connectivity index is 1.95. The number of benzene rings is 1. The number of nitrogens with zero attached hydrogens (tertiary/aromatic N) is 2. The monoisotopic (exact) mass is 338 g/mol. The molecule has 0 unspecified atom stereocenters. The lowest BCUT2D eigenvalue weighted by Crippen LogP contribution is -2.11. The summed E-state index contributed by atoms with van der Waals surface area (Å²) in [7, 11) is 1.95. The molecule has 0 radical (unpaired) electrons. The van der Waals surface area contributed by atoms with Crippen LogP contribution in [0.3, 0.4) is 0 Å². The Morgan fingerprint density at radius 1 is 1.47 bits per heavy atom. The van der Waals surface area contributed by atoms with E-state index in [2.05, 4.69) is 26.3 Å². The van der Waals surface area contributed by atoms with Crippen molar-refractivity contribution < 1.29 is 0 Å². The van der Waals surface area contributed by atoms with Crippen LogP contribution < -0.4 is 11.1 Å². The van der Waals surface area contributed by atoms with E-state index in [1.54, 1.807) is 0 Å². The van der Waals surface area contributed by atoms with Crippen LogP contribution in [0.15, 0.2) is 34.9 Å². The molecule has 0 atom stereocenters. The third-order valence-corrected chi connectivity index (χ3v) is 3.74. The number of hydrogen-bond donors (Lipinski definition) is 2. The lowest BCUT2D eigenvalue weighted by atomic mass is 10.2. The van der Waals surface area contributed by atoms with E-state index in [-0.39, 0.29) is 0 Å². The minimum atomic E-state index is 0.397. The molecule has 0 saturated heterocycles. The van der Waals surface area contributed by atoms with Crippen LogP contribution in [0.5, 0.6) is 0 Å². The predicted molar refractivity (Wildman–Crippen MR) is 85.4 cm³/mol. The lowest BCUT2D eigenvalue weighted by Gasteiger charge is -2.09. The second-order valence-electron chi connectivity index (χ2n) is 4.18. The van der Waals surface area contributed by atoms with Gasteiger partial charge in [-0.05, 0) is 40.2 Å². The fraction of sp³-hybridized carbons (Fsp3) is 0.231. The number of rotatable bonds is 5. The summed E-state index contributed by atoms with van der Waals surface area (Å²) in [6, 6.07) is 7.90. The molecule has 2 aromatic rings. The van der Waals surface area contributed by atoms with E-state index in [9.17, 15) is 0 Å². The van der Waals surface area contributed by atoms with Gasteiger partial charge in [-0.15, -0.1) is 0 Å². The van der Waals surface area contributed by atoms with E-state index in [4.69, 9.17) is 18.0 Å². The molecule has 1 aromatic carbocycles. The SMILES string of the molecule is Cn1nccc1CCNc1ccc(C(N)=S)c(Br)c1. The number of nitrogens with one attached hydrogen (secondary N) is 1. The first-order valence-corrected chi connectivity index (χ1v) is 7.08. The van der Waals surface area contributed by atoms with E-state index in [0.29, 0.717) is 4.99 Å². The van der Waals surface area contributed by atoms with E-state index >= 15 is 0 Å². The molecular formula is C13H15BrN4S. The van der Waals surface area contributed by atoms with Crippen LogP contribution in [0.25, 0.3) is 0 Å². The topological polar surface area (TPSA) is 55.9 Å². The van der Waals surface area contributed by atoms with Crippen LogP contribution in [0.2, 0.25) is 0 Å². The maximum atomic E-state index is 5.62. The van der Waals surface area contributed by atoms with Crippen LogP contribution in [-0.2, 0) is 13.5 Å². The predicted octanol–water partition coefficient (Wildman–Crippen LogP) is 2.47. The average Bonchev–Trinajstić information content (AvgIpc) is 2.75. The quantitative estimate of drug-likeness (QED) is 0.822. The van der Waals surface area contributed by atoms with E-state index in [1.807, 2.05) is 42.2 Å². The molecule has 2 rings (SSSR count). The number of anilines is 1. The second kappa shape index (κ2) is 6.16. The molecule has 100 valence electrons. The van der Waals surface area contributed by atoms with E-state index in [1.165, 1.54) is 5.69 Å². The third kappa shape index (κ3) is 3.54. The molecular weight excluding hydrogens is 324 g/mol. The molecule has 0 aliphatic rings. The summed E-state index contributed by atoms with van der Waals surface area (Å²) >= 11 is 8.43. The standard InChI is InChI=1S/C13H15BrN4S/c1-18-10(5-7-17-18)4-6-16-9-2-3-11(13(15)19)12(14)8-9/h2-3,5,7-8,16H,4,6H2,1H3,(H2,15,19). The van der Waals surface area contributed by atoms with Gasteiger partial charge in [0.25, 0.3) is 0 Å². The molecule has 6 heteroatoms. The largest absolute Gasteiger partial charge is 0.389 e. The zero-order chi connectivity index (χ0) is 13.8. The van der Waals surface area contributed by atoms with Crippen LogP contribution in [0.4, 0.5) is 5.69 Å². The fourth-order valence-electron chi connectivity index (χ4n) is 1.81. The van der Waals surface area contributed by atoms with Gasteiger partial charge in [-0.25, -0.2) is 0 Å². The van der Waals surface area contributed by atoms with Crippen LogP contribution in [-0.4, -0.2) is 21.3 Å². The fourth-order valence-corrected chi connectivity index (χ4v) is 2.71. The Bertz CT molecular complexity index is 594. The summed E-state index contributed by atoms with van der Waals surface area (Å²) in [6.07, 6.45) is 2.73. The van der Waals surface area contributed by atoms with Gasteiger partial charge in [0.1, 0.15) is 4.99 Å². The molecule has 0 aliphatic heterocycles. The summed E-state index contributed by atoms with van der Waals surface area (Å²) in [5, 5.41) is 7.50. The zero-order valence-electron chi connectivity index (χ0n) is 10.6. The van der Waals surface area contributed by atoms with Crippen molar-refractivity contribution in [2.45, 2.75) is 6.42 Å². The first-order chi connectivity index (χ1) is 9.08. The van der Waals surface area contributed by atoms with Gasteiger partial charge < -0.3 is 11.1 Å². The van der Waals surface area contributed by atoms with Gasteiger partial charge in [-0.3, -0.25) is 4.68 Å². The van der Waals surface area contributed by atoms with Gasteiger partial charge in [-0.2, -0.15) is 5.10 Å². The Morgan fingerprint density at radius 3 is 2.84 bits per heavy atom. The molecule has 0 bridgehead atoms. The van der Waals surface area contributed by atoms with Gasteiger partial charge in [0.15, 0.2) is 0 Å². The smallest absolute Gasteiger partial charge is 0.105 e. The van der Waals surface area contributed by atoms with Crippen LogP contribution in [0.1, 0.15) is 11.3 Å². The van der Waals surface area contributed by atoms with Crippen LogP contribution in [0, 0.1) is 0 Å². The van der Waals surface area contributed by atoms with Crippen molar-refractivity contribution >= 4 is 38.8 Å². The molecule has 0 saturated carbocycles. The average molecular weight is 339 g/mol. The molecule has 1 aromatic heterocycles. The molecule has 0 spiro atoms. The van der Waals surface area contributed by atoms with Crippen molar-refractivity contribution in [2.24, 2.45) is 12.8 Å². The van der Waals surface area contributed by atoms with E-state index in [0.717, 1.165) is 28.7 Å². The highest BCUT2D eigenvalue weighted by Crippen LogP contribution is 2.21. The Kier molecular flexibility index (Phi) is 4.55. The maximum Gasteiger partial charge on any atom is 0.105 e. The summed E-state index contributed by atoms with van der Waals surface area (Å²) in [5.41, 5.74) is 8.71. The number of hydrogen-bond acceptors (Lipinski definition) is 3. The minimum Gasteiger partial charge on any atom is -0.389 e. The Hall–Kier alpha value is -1.40. The van der Waals surface area contributed by atoms with Crippen molar-refractivity contribution in [2.75, 3.05) is 11.9 Å². The van der Waals surface area contributed by atoms with Crippen molar-refractivity contribution in [3.05, 3.63) is 46.2 Å². The van der Waals surface area contributed by atoms with Crippen LogP contribution >= 0.6 is 28.1 Å². The number of halogens is 1. The van der Waals surface area contributed by atoms with Crippen molar-refractivity contribution in [3.63, 3.8) is 0 Å². The maximum absolute atomic E-state index is 5.62. The Labute approximate surface area is 126 Å². The molecule has 4 nitrogen and oxygen atoms in total. The second-order valence-corrected chi connectivity index (χ2v) is 5.48. The molecule has 0 fully saturated rings. The highest BCUT2D eigenvalue weighted by molar-refractivity contribution is 9.10. The minimum absolute atomic E-state index is 0.397. The highest BCUT2D eigenvalue weighted by atomic mass is 79.9. The highest BCUT2D eigenvalue weighted by Gasteiger charge is 2.04. The molecule has 0 aliphatic carbocycles. The summed E-state index contributed by atoms with van der Waals surface area (Å²) in [4.78, 5) is 0.397. The number of aryl methyl sites for hydroxylation is 1. The van der Waals surface area contributed by atoms with Gasteiger partial charge >= 0.3 is 0 Å².